The monoisotopic (exact) mass is 374 g/mol. The van der Waals surface area contributed by atoms with Crippen LogP contribution in [0.5, 0.6) is 0 Å². The Labute approximate surface area is 156 Å². The molecule has 0 amide bonds. The number of carboxylic acid groups (broad SMARTS) is 1. The fraction of sp³-hybridized carbons (Fsp3) is 0.421. The maximum Gasteiger partial charge on any atom is 0.335 e. The van der Waals surface area contributed by atoms with Crippen molar-refractivity contribution >= 4 is 23.3 Å². The SMILES string of the molecule is CCCCOC(=O)C1CNCCc2sc(-c3cccc(C(=O)O)c3)nc21. The molecule has 1 aromatic heterocycles. The average molecular weight is 374 g/mol. The van der Waals surface area contributed by atoms with E-state index in [-0.39, 0.29) is 11.5 Å². The normalized spacial score (nSPS) is 16.6. The van der Waals surface area contributed by atoms with Gasteiger partial charge in [-0.2, -0.15) is 0 Å². The first kappa shape index (κ1) is 18.5. The lowest BCUT2D eigenvalue weighted by Crippen LogP contribution is -2.27. The maximum atomic E-state index is 12.5. The first-order valence-electron chi connectivity index (χ1n) is 8.80. The molecule has 2 heterocycles. The van der Waals surface area contributed by atoms with E-state index in [2.05, 4.69) is 12.2 Å². The number of carboxylic acids is 1. The predicted molar refractivity (Wildman–Crippen MR) is 99.7 cm³/mol. The Kier molecular flexibility index (Phi) is 6.00. The van der Waals surface area contributed by atoms with Gasteiger partial charge in [0.05, 0.1) is 17.9 Å². The zero-order valence-corrected chi connectivity index (χ0v) is 15.5. The zero-order chi connectivity index (χ0) is 18.5. The number of esters is 1. The summed E-state index contributed by atoms with van der Waals surface area (Å²) in [6, 6.07) is 6.73. The molecule has 6 nitrogen and oxygen atoms in total. The summed E-state index contributed by atoms with van der Waals surface area (Å²) in [4.78, 5) is 29.5. The van der Waals surface area contributed by atoms with E-state index < -0.39 is 11.9 Å². The van der Waals surface area contributed by atoms with Crippen LogP contribution < -0.4 is 5.32 Å². The number of hydrogen-bond acceptors (Lipinski definition) is 6. The summed E-state index contributed by atoms with van der Waals surface area (Å²) >= 11 is 1.52. The second kappa shape index (κ2) is 8.42. The van der Waals surface area contributed by atoms with Crippen molar-refractivity contribution in [1.29, 1.82) is 0 Å². The van der Waals surface area contributed by atoms with Gasteiger partial charge in [-0.15, -0.1) is 11.3 Å². The number of aromatic carboxylic acids is 1. The van der Waals surface area contributed by atoms with E-state index in [0.717, 1.165) is 46.9 Å². The summed E-state index contributed by atoms with van der Waals surface area (Å²) in [6.07, 6.45) is 2.62. The highest BCUT2D eigenvalue weighted by Gasteiger charge is 2.30. The Morgan fingerprint density at radius 3 is 3.04 bits per heavy atom. The van der Waals surface area contributed by atoms with Gasteiger partial charge in [0.15, 0.2) is 0 Å². The Morgan fingerprint density at radius 2 is 2.27 bits per heavy atom. The lowest BCUT2D eigenvalue weighted by molar-refractivity contribution is -0.145. The van der Waals surface area contributed by atoms with Crippen molar-refractivity contribution < 1.29 is 19.4 Å². The van der Waals surface area contributed by atoms with Crippen LogP contribution in [0.25, 0.3) is 10.6 Å². The van der Waals surface area contributed by atoms with Gasteiger partial charge in [0.1, 0.15) is 10.9 Å². The Bertz CT molecular complexity index is 803. The van der Waals surface area contributed by atoms with Crippen molar-refractivity contribution in [3.05, 3.63) is 40.4 Å². The average Bonchev–Trinajstić information content (AvgIpc) is 2.96. The molecule has 7 heteroatoms. The minimum absolute atomic E-state index is 0.227. The third-order valence-corrected chi connectivity index (χ3v) is 5.50. The number of aromatic nitrogens is 1. The number of nitrogens with zero attached hydrogens (tertiary/aromatic N) is 1. The number of carbonyl (C=O) groups excluding carboxylic acids is 1. The fourth-order valence-corrected chi connectivity index (χ4v) is 4.00. The molecule has 138 valence electrons. The van der Waals surface area contributed by atoms with Gasteiger partial charge in [-0.25, -0.2) is 9.78 Å². The summed E-state index contributed by atoms with van der Waals surface area (Å²) in [6.45, 7) is 3.77. The summed E-state index contributed by atoms with van der Waals surface area (Å²) in [5, 5.41) is 13.2. The van der Waals surface area contributed by atoms with Gasteiger partial charge < -0.3 is 15.2 Å². The van der Waals surface area contributed by atoms with Crippen LogP contribution in [0.4, 0.5) is 0 Å². The van der Waals surface area contributed by atoms with Gasteiger partial charge in [0.2, 0.25) is 0 Å². The van der Waals surface area contributed by atoms with Gasteiger partial charge in [0, 0.05) is 23.5 Å². The predicted octanol–water partition coefficient (Wildman–Crippen LogP) is 3.08. The molecule has 26 heavy (non-hydrogen) atoms. The molecule has 1 unspecified atom stereocenters. The quantitative estimate of drug-likeness (QED) is 0.597. The third-order valence-electron chi connectivity index (χ3n) is 4.32. The van der Waals surface area contributed by atoms with E-state index in [1.165, 1.54) is 11.3 Å². The largest absolute Gasteiger partial charge is 0.478 e. The molecule has 1 atom stereocenters. The van der Waals surface area contributed by atoms with Gasteiger partial charge >= 0.3 is 11.9 Å². The molecule has 0 spiro atoms. The molecule has 2 aromatic rings. The van der Waals surface area contributed by atoms with E-state index >= 15 is 0 Å². The molecule has 3 rings (SSSR count). The van der Waals surface area contributed by atoms with E-state index in [9.17, 15) is 14.7 Å². The van der Waals surface area contributed by atoms with Crippen LogP contribution in [-0.2, 0) is 16.0 Å². The van der Waals surface area contributed by atoms with Crippen molar-refractivity contribution in [2.45, 2.75) is 32.1 Å². The standard InChI is InChI=1S/C19H22N2O4S/c1-2-3-9-25-19(24)14-11-20-8-7-15-16(14)21-17(26-15)12-5-4-6-13(10-12)18(22)23/h4-6,10,14,20H,2-3,7-9,11H2,1H3,(H,22,23). The second-order valence-electron chi connectivity index (χ2n) is 6.24. The van der Waals surface area contributed by atoms with E-state index in [4.69, 9.17) is 9.72 Å². The van der Waals surface area contributed by atoms with E-state index in [0.29, 0.717) is 13.2 Å². The van der Waals surface area contributed by atoms with Gasteiger partial charge in [0.25, 0.3) is 0 Å². The smallest absolute Gasteiger partial charge is 0.335 e. The van der Waals surface area contributed by atoms with Crippen LogP contribution in [-0.4, -0.2) is 41.7 Å². The minimum atomic E-state index is -0.966. The van der Waals surface area contributed by atoms with Crippen LogP contribution >= 0.6 is 11.3 Å². The van der Waals surface area contributed by atoms with Crippen molar-refractivity contribution in [1.82, 2.24) is 10.3 Å². The Morgan fingerprint density at radius 1 is 1.42 bits per heavy atom. The van der Waals surface area contributed by atoms with Crippen molar-refractivity contribution in [2.24, 2.45) is 0 Å². The lowest BCUT2D eigenvalue weighted by Gasteiger charge is -2.13. The highest BCUT2D eigenvalue weighted by atomic mass is 32.1. The number of rotatable bonds is 6. The Balaban J connectivity index is 1.89. The summed E-state index contributed by atoms with van der Waals surface area (Å²) in [5.74, 6) is -1.63. The van der Waals surface area contributed by atoms with Crippen molar-refractivity contribution in [2.75, 3.05) is 19.7 Å². The van der Waals surface area contributed by atoms with Crippen LogP contribution in [0.1, 0.15) is 46.6 Å². The molecular formula is C19H22N2O4S. The number of ether oxygens (including phenoxy) is 1. The fourth-order valence-electron chi connectivity index (χ4n) is 2.88. The number of hydrogen-bond donors (Lipinski definition) is 2. The first-order chi connectivity index (χ1) is 12.6. The molecule has 1 aliphatic heterocycles. The zero-order valence-electron chi connectivity index (χ0n) is 14.7. The molecular weight excluding hydrogens is 352 g/mol. The van der Waals surface area contributed by atoms with Crippen LogP contribution in [0.2, 0.25) is 0 Å². The van der Waals surface area contributed by atoms with Gasteiger partial charge in [-0.1, -0.05) is 25.5 Å². The molecule has 1 aliphatic rings. The molecule has 0 saturated heterocycles. The highest BCUT2D eigenvalue weighted by molar-refractivity contribution is 7.15. The number of nitrogens with one attached hydrogen (secondary N) is 1. The number of thiazole rings is 1. The van der Waals surface area contributed by atoms with Crippen molar-refractivity contribution in [3.8, 4) is 10.6 Å². The Hall–Kier alpha value is -2.25. The number of fused-ring (bicyclic) bond motifs is 1. The minimum Gasteiger partial charge on any atom is -0.478 e. The number of benzene rings is 1. The van der Waals surface area contributed by atoms with E-state index in [1.807, 2.05) is 6.07 Å². The topological polar surface area (TPSA) is 88.5 Å². The molecule has 0 bridgehead atoms. The number of unbranched alkanes of at least 4 members (excludes halogenated alkanes) is 1. The van der Waals surface area contributed by atoms with E-state index in [1.54, 1.807) is 18.2 Å². The second-order valence-corrected chi connectivity index (χ2v) is 7.32. The first-order valence-corrected chi connectivity index (χ1v) is 9.62. The third kappa shape index (κ3) is 4.11. The van der Waals surface area contributed by atoms with Crippen LogP contribution in [0.3, 0.4) is 0 Å². The molecule has 0 radical (unpaired) electrons. The summed E-state index contributed by atoms with van der Waals surface area (Å²) < 4.78 is 5.41. The molecule has 2 N–H and O–H groups in total. The van der Waals surface area contributed by atoms with Crippen molar-refractivity contribution in [3.63, 3.8) is 0 Å². The molecule has 1 aromatic carbocycles. The number of carbonyl (C=O) groups is 2. The summed E-state index contributed by atoms with van der Waals surface area (Å²) in [7, 11) is 0. The highest BCUT2D eigenvalue weighted by Crippen LogP contribution is 2.34. The summed E-state index contributed by atoms with van der Waals surface area (Å²) in [5.41, 5.74) is 1.75. The molecule has 0 aliphatic carbocycles. The van der Waals surface area contributed by atoms with Crippen LogP contribution in [0, 0.1) is 0 Å². The van der Waals surface area contributed by atoms with Gasteiger partial charge in [-0.3, -0.25) is 4.79 Å². The lowest BCUT2D eigenvalue weighted by atomic mass is 10.1. The maximum absolute atomic E-state index is 12.5. The van der Waals surface area contributed by atoms with Crippen LogP contribution in [0.15, 0.2) is 24.3 Å². The van der Waals surface area contributed by atoms with Gasteiger partial charge in [-0.05, 0) is 25.0 Å². The molecule has 0 saturated carbocycles. The molecule has 0 fully saturated rings.